The lowest BCUT2D eigenvalue weighted by Crippen LogP contribution is -2.56. The first kappa shape index (κ1) is 17.5. The van der Waals surface area contributed by atoms with Crippen molar-refractivity contribution in [3.8, 4) is 5.75 Å². The van der Waals surface area contributed by atoms with Crippen molar-refractivity contribution in [1.82, 2.24) is 4.90 Å². The molecule has 2 fully saturated rings. The summed E-state index contributed by atoms with van der Waals surface area (Å²) in [6.07, 6.45) is 1.71. The number of hydrogen-bond donors (Lipinski definition) is 1. The summed E-state index contributed by atoms with van der Waals surface area (Å²) in [6, 6.07) is 2.63. The number of anilines is 1. The van der Waals surface area contributed by atoms with Crippen LogP contribution in [-0.2, 0) is 4.74 Å². The number of aldehydes is 1. The molecule has 2 atom stereocenters. The van der Waals surface area contributed by atoms with E-state index >= 15 is 0 Å². The van der Waals surface area contributed by atoms with Gasteiger partial charge in [-0.3, -0.25) is 9.69 Å². The number of ether oxygens (including phenoxy) is 1. The number of aromatic hydroxyl groups is 1. The van der Waals surface area contributed by atoms with Gasteiger partial charge < -0.3 is 14.7 Å². The van der Waals surface area contributed by atoms with Crippen molar-refractivity contribution < 1.29 is 23.8 Å². The second-order valence-corrected chi connectivity index (χ2v) is 7.66. The van der Waals surface area contributed by atoms with E-state index in [1.807, 2.05) is 25.7 Å². The maximum Gasteiger partial charge on any atom is 0.410 e. The Bertz CT molecular complexity index is 664. The predicted molar refractivity (Wildman–Crippen MR) is 90.5 cm³/mol. The first-order valence-electron chi connectivity index (χ1n) is 8.43. The highest BCUT2D eigenvalue weighted by molar-refractivity contribution is 5.81. The minimum atomic E-state index is -0.744. The lowest BCUT2D eigenvalue weighted by atomic mass is 10.1. The Morgan fingerprint density at radius 3 is 2.36 bits per heavy atom. The van der Waals surface area contributed by atoms with Gasteiger partial charge in [0.25, 0.3) is 0 Å². The smallest absolute Gasteiger partial charge is 0.410 e. The van der Waals surface area contributed by atoms with Crippen molar-refractivity contribution in [3.63, 3.8) is 0 Å². The first-order valence-corrected chi connectivity index (χ1v) is 8.43. The third kappa shape index (κ3) is 3.41. The normalized spacial score (nSPS) is 22.9. The number of carbonyl (C=O) groups excluding carboxylic acids is 2. The zero-order chi connectivity index (χ0) is 18.4. The number of hydrogen-bond acceptors (Lipinski definition) is 5. The van der Waals surface area contributed by atoms with Gasteiger partial charge in [0.15, 0.2) is 6.29 Å². The highest BCUT2D eigenvalue weighted by Gasteiger charge is 2.44. The summed E-state index contributed by atoms with van der Waals surface area (Å²) in [7, 11) is 0. The number of piperazine rings is 1. The Kier molecular flexibility index (Phi) is 4.34. The summed E-state index contributed by atoms with van der Waals surface area (Å²) >= 11 is 0. The van der Waals surface area contributed by atoms with Crippen molar-refractivity contribution in [2.75, 3.05) is 18.0 Å². The largest absolute Gasteiger partial charge is 0.507 e. The number of carbonyl (C=O) groups is 2. The monoisotopic (exact) mass is 350 g/mol. The Balaban J connectivity index is 1.78. The average Bonchev–Trinajstić information content (AvgIpc) is 2.76. The molecule has 1 N–H and O–H groups in total. The number of benzene rings is 1. The van der Waals surface area contributed by atoms with Crippen molar-refractivity contribution >= 4 is 18.1 Å². The van der Waals surface area contributed by atoms with Gasteiger partial charge in [0.05, 0.1) is 17.6 Å². The van der Waals surface area contributed by atoms with E-state index in [1.54, 1.807) is 4.90 Å². The standard InChI is InChI=1S/C18H23FN2O4/c1-18(2,3)25-17(24)21-11-4-5-12(21)9-20(8-11)13-6-15(19)14(10-22)16(23)7-13/h6-7,10-12,23H,4-5,8-9H2,1-3H3. The number of amides is 1. The number of rotatable bonds is 2. The SMILES string of the molecule is CC(C)(C)OC(=O)N1C2CCC1CN(c1cc(O)c(C=O)c(F)c1)C2. The quantitative estimate of drug-likeness (QED) is 0.831. The number of nitrogens with zero attached hydrogens (tertiary/aromatic N) is 2. The Labute approximate surface area is 146 Å². The topological polar surface area (TPSA) is 70.1 Å². The molecule has 2 heterocycles. The molecule has 3 rings (SSSR count). The van der Waals surface area contributed by atoms with E-state index in [4.69, 9.17) is 4.74 Å². The first-order chi connectivity index (χ1) is 11.7. The maximum atomic E-state index is 14.0. The van der Waals surface area contributed by atoms with Gasteiger partial charge in [0, 0.05) is 24.8 Å². The molecule has 1 aromatic carbocycles. The third-order valence-corrected chi connectivity index (χ3v) is 4.66. The van der Waals surface area contributed by atoms with Gasteiger partial charge in [-0.2, -0.15) is 0 Å². The molecule has 136 valence electrons. The fraction of sp³-hybridized carbons (Fsp3) is 0.556. The molecule has 2 unspecified atom stereocenters. The van der Waals surface area contributed by atoms with Crippen molar-refractivity contribution in [2.24, 2.45) is 0 Å². The van der Waals surface area contributed by atoms with Crippen LogP contribution in [0.2, 0.25) is 0 Å². The van der Waals surface area contributed by atoms with Gasteiger partial charge in [-0.1, -0.05) is 0 Å². The Morgan fingerprint density at radius 2 is 1.88 bits per heavy atom. The van der Waals surface area contributed by atoms with Crippen LogP contribution >= 0.6 is 0 Å². The van der Waals surface area contributed by atoms with Gasteiger partial charge in [0.1, 0.15) is 17.2 Å². The van der Waals surface area contributed by atoms with Crippen LogP contribution < -0.4 is 4.90 Å². The van der Waals surface area contributed by atoms with Crippen molar-refractivity contribution in [1.29, 1.82) is 0 Å². The molecule has 1 amide bonds. The van der Waals surface area contributed by atoms with E-state index in [-0.39, 0.29) is 29.5 Å². The van der Waals surface area contributed by atoms with E-state index < -0.39 is 11.4 Å². The predicted octanol–water partition coefficient (Wildman–Crippen LogP) is 2.93. The van der Waals surface area contributed by atoms with Crippen LogP contribution in [0.4, 0.5) is 14.9 Å². The molecule has 0 saturated carbocycles. The molecule has 0 spiro atoms. The summed E-state index contributed by atoms with van der Waals surface area (Å²) < 4.78 is 19.5. The number of halogens is 1. The zero-order valence-corrected chi connectivity index (χ0v) is 14.7. The zero-order valence-electron chi connectivity index (χ0n) is 14.7. The van der Waals surface area contributed by atoms with E-state index in [0.29, 0.717) is 25.1 Å². The second-order valence-electron chi connectivity index (χ2n) is 7.66. The minimum absolute atomic E-state index is 0.00967. The van der Waals surface area contributed by atoms with Gasteiger partial charge >= 0.3 is 6.09 Å². The van der Waals surface area contributed by atoms with Gasteiger partial charge in [-0.05, 0) is 39.7 Å². The summed E-state index contributed by atoms with van der Waals surface area (Å²) in [5, 5.41) is 9.84. The lowest BCUT2D eigenvalue weighted by Gasteiger charge is -2.42. The molecule has 2 bridgehead atoms. The summed E-state index contributed by atoms with van der Waals surface area (Å²) in [6.45, 7) is 6.58. The summed E-state index contributed by atoms with van der Waals surface area (Å²) in [4.78, 5) is 27.0. The fourth-order valence-corrected chi connectivity index (χ4v) is 3.62. The molecule has 0 aromatic heterocycles. The molecular formula is C18H23FN2O4. The van der Waals surface area contributed by atoms with Crippen LogP contribution in [0.25, 0.3) is 0 Å². The average molecular weight is 350 g/mol. The summed E-state index contributed by atoms with van der Waals surface area (Å²) in [5.41, 5.74) is -0.367. The number of phenols is 1. The fourth-order valence-electron chi connectivity index (χ4n) is 3.62. The van der Waals surface area contributed by atoms with Gasteiger partial charge in [-0.25, -0.2) is 9.18 Å². The third-order valence-electron chi connectivity index (χ3n) is 4.66. The molecule has 2 saturated heterocycles. The molecule has 0 aliphatic carbocycles. The van der Waals surface area contributed by atoms with Crippen LogP contribution in [0, 0.1) is 5.82 Å². The van der Waals surface area contributed by atoms with Crippen molar-refractivity contribution in [2.45, 2.75) is 51.3 Å². The molecule has 25 heavy (non-hydrogen) atoms. The van der Waals surface area contributed by atoms with Crippen LogP contribution in [0.3, 0.4) is 0 Å². The summed E-state index contributed by atoms with van der Waals surface area (Å²) in [5.74, 6) is -1.11. The van der Waals surface area contributed by atoms with Crippen molar-refractivity contribution in [3.05, 3.63) is 23.5 Å². The molecular weight excluding hydrogens is 327 g/mol. The Hall–Kier alpha value is -2.31. The van der Waals surface area contributed by atoms with E-state index in [1.165, 1.54) is 12.1 Å². The Morgan fingerprint density at radius 1 is 1.28 bits per heavy atom. The number of phenolic OH excluding ortho intramolecular Hbond substituents is 1. The van der Waals surface area contributed by atoms with Crippen LogP contribution in [0.5, 0.6) is 5.75 Å². The highest BCUT2D eigenvalue weighted by Crippen LogP contribution is 2.35. The maximum absolute atomic E-state index is 14.0. The highest BCUT2D eigenvalue weighted by atomic mass is 19.1. The van der Waals surface area contributed by atoms with E-state index in [2.05, 4.69) is 0 Å². The minimum Gasteiger partial charge on any atom is -0.507 e. The molecule has 2 aliphatic heterocycles. The number of fused-ring (bicyclic) bond motifs is 2. The second kappa shape index (κ2) is 6.20. The van der Waals surface area contributed by atoms with Gasteiger partial charge in [0.2, 0.25) is 0 Å². The molecule has 2 aliphatic rings. The molecule has 0 radical (unpaired) electrons. The van der Waals surface area contributed by atoms with Crippen LogP contribution in [0.15, 0.2) is 12.1 Å². The van der Waals surface area contributed by atoms with Gasteiger partial charge in [-0.15, -0.1) is 0 Å². The van der Waals surface area contributed by atoms with E-state index in [0.717, 1.165) is 12.8 Å². The molecule has 6 nitrogen and oxygen atoms in total. The lowest BCUT2D eigenvalue weighted by molar-refractivity contribution is 0.0123. The molecule has 1 aromatic rings. The van der Waals surface area contributed by atoms with Crippen LogP contribution in [-0.4, -0.2) is 53.2 Å². The van der Waals surface area contributed by atoms with E-state index in [9.17, 15) is 19.1 Å². The molecule has 7 heteroatoms. The van der Waals surface area contributed by atoms with Crippen LogP contribution in [0.1, 0.15) is 44.0 Å².